The Labute approximate surface area is 112 Å². The maximum Gasteiger partial charge on any atom is 0.214 e. The lowest BCUT2D eigenvalue weighted by atomic mass is 10.0. The highest BCUT2D eigenvalue weighted by Crippen LogP contribution is 2.16. The first kappa shape index (κ1) is 15.9. The summed E-state index contributed by atoms with van der Waals surface area (Å²) in [6.07, 6.45) is 2.84. The number of hydrogen-bond donors (Lipinski definition) is 1. The van der Waals surface area contributed by atoms with Crippen molar-refractivity contribution >= 4 is 10.0 Å². The Morgan fingerprint density at radius 3 is 2.28 bits per heavy atom. The van der Waals surface area contributed by atoms with Crippen LogP contribution >= 0.6 is 0 Å². The van der Waals surface area contributed by atoms with E-state index in [4.69, 9.17) is 0 Å². The summed E-state index contributed by atoms with van der Waals surface area (Å²) >= 11 is 0. The Morgan fingerprint density at radius 1 is 1.11 bits per heavy atom. The van der Waals surface area contributed by atoms with Gasteiger partial charge in [0, 0.05) is 13.6 Å². The minimum atomic E-state index is -3.07. The zero-order chi connectivity index (χ0) is 13.6. The topological polar surface area (TPSA) is 52.7 Å². The summed E-state index contributed by atoms with van der Waals surface area (Å²) in [6.45, 7) is 3.44. The molecule has 0 aromatic heterocycles. The van der Waals surface area contributed by atoms with E-state index >= 15 is 0 Å². The van der Waals surface area contributed by atoms with Crippen LogP contribution in [0.2, 0.25) is 0 Å². The van der Waals surface area contributed by atoms with Crippen molar-refractivity contribution in [3.8, 4) is 0 Å². The first-order valence-electron chi connectivity index (χ1n) is 6.71. The molecule has 1 heterocycles. The number of rotatable bonds is 7. The minimum Gasteiger partial charge on any atom is -0.317 e. The lowest BCUT2D eigenvalue weighted by Crippen LogP contribution is -2.37. The Morgan fingerprint density at radius 2 is 1.72 bits per heavy atom. The number of nitrogens with one attached hydrogen (secondary N) is 1. The Balaban J connectivity index is 2.36. The van der Waals surface area contributed by atoms with E-state index in [1.54, 1.807) is 7.05 Å². The third-order valence-electron chi connectivity index (χ3n) is 3.46. The summed E-state index contributed by atoms with van der Waals surface area (Å²) in [5.74, 6) is 0.639. The van der Waals surface area contributed by atoms with Crippen molar-refractivity contribution in [2.45, 2.75) is 19.3 Å². The summed E-state index contributed by atoms with van der Waals surface area (Å²) in [6, 6.07) is 0. The highest BCUT2D eigenvalue weighted by molar-refractivity contribution is 7.89. The van der Waals surface area contributed by atoms with E-state index in [0.717, 1.165) is 38.9 Å². The second-order valence-corrected chi connectivity index (χ2v) is 7.57. The van der Waals surface area contributed by atoms with Gasteiger partial charge < -0.3 is 10.2 Å². The molecule has 1 aliphatic rings. The fourth-order valence-electron chi connectivity index (χ4n) is 2.22. The van der Waals surface area contributed by atoms with Crippen LogP contribution in [-0.4, -0.2) is 70.7 Å². The van der Waals surface area contributed by atoms with E-state index in [1.165, 1.54) is 4.31 Å². The van der Waals surface area contributed by atoms with Gasteiger partial charge >= 0.3 is 0 Å². The van der Waals surface area contributed by atoms with Crippen molar-refractivity contribution in [1.82, 2.24) is 14.5 Å². The van der Waals surface area contributed by atoms with Crippen LogP contribution in [0.1, 0.15) is 19.3 Å². The molecule has 0 aromatic carbocycles. The van der Waals surface area contributed by atoms with Crippen molar-refractivity contribution in [2.75, 3.05) is 53.1 Å². The Kier molecular flexibility index (Phi) is 6.55. The van der Waals surface area contributed by atoms with Gasteiger partial charge in [-0.2, -0.15) is 0 Å². The van der Waals surface area contributed by atoms with Crippen LogP contribution in [0.15, 0.2) is 0 Å². The van der Waals surface area contributed by atoms with Gasteiger partial charge in [-0.15, -0.1) is 0 Å². The third-order valence-corrected chi connectivity index (χ3v) is 5.48. The number of hydrogen-bond acceptors (Lipinski definition) is 4. The zero-order valence-corrected chi connectivity index (χ0v) is 12.7. The van der Waals surface area contributed by atoms with Gasteiger partial charge in [0.2, 0.25) is 10.0 Å². The molecule has 0 amide bonds. The van der Waals surface area contributed by atoms with E-state index in [2.05, 4.69) is 10.2 Å². The molecule has 1 N–H and O–H groups in total. The monoisotopic (exact) mass is 277 g/mol. The maximum absolute atomic E-state index is 12.2. The molecular weight excluding hydrogens is 250 g/mol. The predicted octanol–water partition coefficient (Wildman–Crippen LogP) is 0.199. The van der Waals surface area contributed by atoms with Crippen LogP contribution < -0.4 is 5.32 Å². The van der Waals surface area contributed by atoms with Crippen LogP contribution in [0.5, 0.6) is 0 Å². The van der Waals surface area contributed by atoms with E-state index in [0.29, 0.717) is 18.2 Å². The summed E-state index contributed by atoms with van der Waals surface area (Å²) in [5.41, 5.74) is 0. The van der Waals surface area contributed by atoms with E-state index in [-0.39, 0.29) is 0 Å². The molecule has 0 unspecified atom stereocenters. The molecule has 108 valence electrons. The van der Waals surface area contributed by atoms with E-state index in [1.807, 2.05) is 14.1 Å². The summed E-state index contributed by atoms with van der Waals surface area (Å²) in [4.78, 5) is 2.08. The number of piperidine rings is 1. The van der Waals surface area contributed by atoms with Gasteiger partial charge in [-0.1, -0.05) is 0 Å². The summed E-state index contributed by atoms with van der Waals surface area (Å²) in [5, 5.41) is 3.26. The molecule has 0 spiro atoms. The minimum absolute atomic E-state index is 0.313. The first-order valence-corrected chi connectivity index (χ1v) is 8.32. The summed E-state index contributed by atoms with van der Waals surface area (Å²) in [7, 11) is 2.64. The zero-order valence-electron chi connectivity index (χ0n) is 11.9. The van der Waals surface area contributed by atoms with E-state index in [9.17, 15) is 8.42 Å². The van der Waals surface area contributed by atoms with Crippen molar-refractivity contribution in [3.63, 3.8) is 0 Å². The van der Waals surface area contributed by atoms with Crippen molar-refractivity contribution in [3.05, 3.63) is 0 Å². The molecule has 1 fully saturated rings. The first-order chi connectivity index (χ1) is 8.42. The molecule has 6 heteroatoms. The predicted molar refractivity (Wildman–Crippen MR) is 75.2 cm³/mol. The second-order valence-electron chi connectivity index (χ2n) is 5.45. The van der Waals surface area contributed by atoms with Crippen LogP contribution in [0, 0.1) is 5.92 Å². The fourth-order valence-corrected chi connectivity index (χ4v) is 3.81. The molecular formula is C12H27N3O2S. The lowest BCUT2D eigenvalue weighted by Gasteiger charge is -2.25. The molecule has 1 rings (SSSR count). The normalized spacial score (nSPS) is 18.7. The second kappa shape index (κ2) is 7.43. The Bertz CT molecular complexity index is 324. The third kappa shape index (κ3) is 5.65. The van der Waals surface area contributed by atoms with Crippen LogP contribution in [0.3, 0.4) is 0 Å². The quantitative estimate of drug-likeness (QED) is 0.722. The molecule has 0 aliphatic carbocycles. The van der Waals surface area contributed by atoms with Crippen LogP contribution in [0.4, 0.5) is 0 Å². The molecule has 0 bridgehead atoms. The standard InChI is InChI=1S/C12H27N3O2S/c1-14(2)9-4-10-15(3)18(16,17)11-12-5-7-13-8-6-12/h12-13H,4-11H2,1-3H3. The van der Waals surface area contributed by atoms with Gasteiger partial charge in [0.25, 0.3) is 0 Å². The van der Waals surface area contributed by atoms with E-state index < -0.39 is 10.0 Å². The lowest BCUT2D eigenvalue weighted by molar-refractivity contribution is 0.362. The highest BCUT2D eigenvalue weighted by atomic mass is 32.2. The Hall–Kier alpha value is -0.170. The maximum atomic E-state index is 12.2. The largest absolute Gasteiger partial charge is 0.317 e. The molecule has 1 saturated heterocycles. The van der Waals surface area contributed by atoms with Crippen LogP contribution in [0.25, 0.3) is 0 Å². The number of nitrogens with zero attached hydrogens (tertiary/aromatic N) is 2. The molecule has 0 aromatic rings. The van der Waals surface area contributed by atoms with Gasteiger partial charge in [-0.3, -0.25) is 0 Å². The summed E-state index contributed by atoms with van der Waals surface area (Å²) < 4.78 is 25.9. The molecule has 5 nitrogen and oxygen atoms in total. The van der Waals surface area contributed by atoms with Crippen LogP contribution in [-0.2, 0) is 10.0 Å². The highest BCUT2D eigenvalue weighted by Gasteiger charge is 2.24. The molecule has 18 heavy (non-hydrogen) atoms. The van der Waals surface area contributed by atoms with Crippen molar-refractivity contribution in [1.29, 1.82) is 0 Å². The number of sulfonamides is 1. The molecule has 0 radical (unpaired) electrons. The average molecular weight is 277 g/mol. The molecule has 1 aliphatic heterocycles. The fraction of sp³-hybridized carbons (Fsp3) is 1.00. The smallest absolute Gasteiger partial charge is 0.214 e. The van der Waals surface area contributed by atoms with Gasteiger partial charge in [-0.05, 0) is 58.9 Å². The van der Waals surface area contributed by atoms with Gasteiger partial charge in [0.1, 0.15) is 0 Å². The average Bonchev–Trinajstić information content (AvgIpc) is 2.29. The van der Waals surface area contributed by atoms with Crippen molar-refractivity contribution in [2.24, 2.45) is 5.92 Å². The van der Waals surface area contributed by atoms with Gasteiger partial charge in [0.05, 0.1) is 5.75 Å². The molecule has 0 saturated carbocycles. The molecule has 0 atom stereocenters. The van der Waals surface area contributed by atoms with Gasteiger partial charge in [0.15, 0.2) is 0 Å². The van der Waals surface area contributed by atoms with Gasteiger partial charge in [-0.25, -0.2) is 12.7 Å². The van der Waals surface area contributed by atoms with Crippen molar-refractivity contribution < 1.29 is 8.42 Å². The SMILES string of the molecule is CN(C)CCCN(C)S(=O)(=O)CC1CCNCC1.